The van der Waals surface area contributed by atoms with Crippen molar-refractivity contribution >= 4 is 35.1 Å². The Kier molecular flexibility index (Phi) is 6.98. The molecule has 29 heavy (non-hydrogen) atoms. The lowest BCUT2D eigenvalue weighted by molar-refractivity contribution is -0.140. The normalized spacial score (nSPS) is 17.1. The fourth-order valence-corrected chi connectivity index (χ4v) is 3.97. The Morgan fingerprint density at radius 2 is 2.00 bits per heavy atom. The number of rotatable bonds is 7. The second-order valence-electron chi connectivity index (χ2n) is 7.11. The molecule has 2 aromatic rings. The fourth-order valence-electron chi connectivity index (χ4n) is 3.58. The van der Waals surface area contributed by atoms with Crippen LogP contribution in [0.1, 0.15) is 48.4 Å². The molecule has 8 heteroatoms. The Bertz CT molecular complexity index is 973. The molecular weight excluding hydrogens is 415 g/mol. The average molecular weight is 437 g/mol. The van der Waals surface area contributed by atoms with Crippen LogP contribution < -0.4 is 10.9 Å². The Labute approximate surface area is 178 Å². The molecule has 0 saturated carbocycles. The second-order valence-corrected chi connectivity index (χ2v) is 7.92. The van der Waals surface area contributed by atoms with Gasteiger partial charge in [-0.3, -0.25) is 14.4 Å². The van der Waals surface area contributed by atoms with Crippen LogP contribution in [-0.2, 0) is 20.7 Å². The summed E-state index contributed by atoms with van der Waals surface area (Å²) in [4.78, 5) is 37.9. The highest BCUT2D eigenvalue weighted by atomic mass is 35.5. The van der Waals surface area contributed by atoms with Gasteiger partial charge >= 0.3 is 5.97 Å². The van der Waals surface area contributed by atoms with Gasteiger partial charge in [-0.05, 0) is 48.6 Å². The van der Waals surface area contributed by atoms with Crippen molar-refractivity contribution in [3.8, 4) is 0 Å². The van der Waals surface area contributed by atoms with Crippen LogP contribution in [0.4, 0.5) is 0 Å². The lowest BCUT2D eigenvalue weighted by atomic mass is 9.87. The molecule has 1 aliphatic heterocycles. The Balaban J connectivity index is 1.89. The van der Waals surface area contributed by atoms with Crippen molar-refractivity contribution in [2.45, 2.75) is 44.1 Å². The van der Waals surface area contributed by atoms with Crippen LogP contribution in [0.3, 0.4) is 0 Å². The highest BCUT2D eigenvalue weighted by Crippen LogP contribution is 2.33. The minimum absolute atomic E-state index is 0.0180. The predicted molar refractivity (Wildman–Crippen MR) is 111 cm³/mol. The molecule has 1 fully saturated rings. The number of esters is 1. The summed E-state index contributed by atoms with van der Waals surface area (Å²) in [6.45, 7) is 0. The number of aromatic amines is 1. The van der Waals surface area contributed by atoms with E-state index in [0.717, 1.165) is 17.5 Å². The van der Waals surface area contributed by atoms with Crippen molar-refractivity contribution in [1.82, 2.24) is 10.3 Å². The number of ether oxygens (including phenoxy) is 1. The first-order valence-electron chi connectivity index (χ1n) is 9.40. The summed E-state index contributed by atoms with van der Waals surface area (Å²) in [7, 11) is 1.35. The van der Waals surface area contributed by atoms with Crippen LogP contribution in [0.2, 0.25) is 10.0 Å². The zero-order chi connectivity index (χ0) is 21.0. The van der Waals surface area contributed by atoms with Gasteiger partial charge in [0.25, 0.3) is 5.56 Å². The second kappa shape index (κ2) is 9.46. The van der Waals surface area contributed by atoms with Crippen molar-refractivity contribution in [3.05, 3.63) is 67.6 Å². The number of methoxy groups -OCH3 is 1. The molecule has 2 heterocycles. The van der Waals surface area contributed by atoms with Crippen molar-refractivity contribution < 1.29 is 14.3 Å². The third kappa shape index (κ3) is 5.40. The van der Waals surface area contributed by atoms with Gasteiger partial charge in [0.2, 0.25) is 5.91 Å². The number of benzene rings is 1. The van der Waals surface area contributed by atoms with Gasteiger partial charge in [-0.2, -0.15) is 0 Å². The van der Waals surface area contributed by atoms with Gasteiger partial charge in [-0.25, -0.2) is 0 Å². The lowest BCUT2D eigenvalue weighted by Crippen LogP contribution is -2.28. The Morgan fingerprint density at radius 1 is 1.21 bits per heavy atom. The van der Waals surface area contributed by atoms with Gasteiger partial charge in [0.1, 0.15) is 5.02 Å². The third-order valence-corrected chi connectivity index (χ3v) is 5.82. The molecule has 1 amide bonds. The van der Waals surface area contributed by atoms with Gasteiger partial charge in [0.05, 0.1) is 7.11 Å². The van der Waals surface area contributed by atoms with Crippen molar-refractivity contribution in [2.75, 3.05) is 7.11 Å². The van der Waals surface area contributed by atoms with Crippen molar-refractivity contribution in [1.29, 1.82) is 0 Å². The number of H-pyrrole nitrogens is 1. The first-order valence-corrected chi connectivity index (χ1v) is 10.2. The molecule has 1 aromatic carbocycles. The number of hydrogen-bond donors (Lipinski definition) is 2. The van der Waals surface area contributed by atoms with E-state index in [1.807, 2.05) is 18.2 Å². The van der Waals surface area contributed by atoms with Gasteiger partial charge in [-0.15, -0.1) is 0 Å². The number of pyridine rings is 1. The van der Waals surface area contributed by atoms with Crippen LogP contribution in [0, 0.1) is 0 Å². The molecule has 0 spiro atoms. The molecular formula is C21H22Cl2N2O4. The zero-order valence-corrected chi connectivity index (χ0v) is 17.5. The summed E-state index contributed by atoms with van der Waals surface area (Å²) < 4.78 is 4.67. The van der Waals surface area contributed by atoms with E-state index >= 15 is 0 Å². The topological polar surface area (TPSA) is 88.3 Å². The highest BCUT2D eigenvalue weighted by molar-refractivity contribution is 6.31. The maximum atomic E-state index is 12.0. The SMILES string of the molecule is COC(=O)CCc1ccc(C(C[C@H]2CCC(=O)N2)c2ccc(Cl)c(=O)[nH]2)cc1Cl. The number of aryl methyl sites for hydroxylation is 1. The monoisotopic (exact) mass is 436 g/mol. The number of nitrogens with one attached hydrogen (secondary N) is 2. The van der Waals surface area contributed by atoms with E-state index < -0.39 is 0 Å². The molecule has 1 aromatic heterocycles. The number of carbonyl (C=O) groups excluding carboxylic acids is 2. The molecule has 2 atom stereocenters. The molecule has 6 nitrogen and oxygen atoms in total. The number of aromatic nitrogens is 1. The summed E-state index contributed by atoms with van der Waals surface area (Å²) in [5.41, 5.74) is 2.11. The quantitative estimate of drug-likeness (QED) is 0.649. The molecule has 0 radical (unpaired) electrons. The largest absolute Gasteiger partial charge is 0.469 e. The third-order valence-electron chi connectivity index (χ3n) is 5.17. The van der Waals surface area contributed by atoms with E-state index in [-0.39, 0.29) is 40.8 Å². The Morgan fingerprint density at radius 3 is 2.62 bits per heavy atom. The van der Waals surface area contributed by atoms with E-state index in [0.29, 0.717) is 30.0 Å². The summed E-state index contributed by atoms with van der Waals surface area (Å²) in [5.74, 6) is -0.427. The summed E-state index contributed by atoms with van der Waals surface area (Å²) in [6.07, 6.45) is 2.60. The van der Waals surface area contributed by atoms with E-state index in [1.165, 1.54) is 7.11 Å². The van der Waals surface area contributed by atoms with Crippen molar-refractivity contribution in [2.24, 2.45) is 0 Å². The first kappa shape index (κ1) is 21.4. The minimum Gasteiger partial charge on any atom is -0.469 e. The summed E-state index contributed by atoms with van der Waals surface area (Å²) in [5, 5.41) is 3.64. The van der Waals surface area contributed by atoms with E-state index in [1.54, 1.807) is 12.1 Å². The number of amides is 1. The minimum atomic E-state index is -0.356. The van der Waals surface area contributed by atoms with Crippen LogP contribution in [0.25, 0.3) is 0 Å². The lowest BCUT2D eigenvalue weighted by Gasteiger charge is -2.22. The van der Waals surface area contributed by atoms with Gasteiger partial charge in [0.15, 0.2) is 0 Å². The van der Waals surface area contributed by atoms with Gasteiger partial charge in [-0.1, -0.05) is 35.3 Å². The molecule has 3 rings (SSSR count). The van der Waals surface area contributed by atoms with Crippen LogP contribution in [0.15, 0.2) is 35.1 Å². The van der Waals surface area contributed by atoms with E-state index in [4.69, 9.17) is 23.2 Å². The standard InChI is InChI=1S/C21H22Cl2N2O4/c1-29-20(27)9-4-12-2-3-13(10-17(12)23)15(11-14-5-8-19(26)24-14)18-7-6-16(22)21(28)25-18/h2-3,6-7,10,14-15H,4-5,8-9,11H2,1H3,(H,24,26)(H,25,28)/t14-,15?/m1/s1. The van der Waals surface area contributed by atoms with Crippen LogP contribution >= 0.6 is 23.2 Å². The number of halogens is 2. The zero-order valence-electron chi connectivity index (χ0n) is 16.0. The average Bonchev–Trinajstić information content (AvgIpc) is 3.12. The van der Waals surface area contributed by atoms with Crippen LogP contribution in [-0.4, -0.2) is 30.0 Å². The van der Waals surface area contributed by atoms with E-state index in [2.05, 4.69) is 15.0 Å². The molecule has 1 unspecified atom stereocenters. The maximum Gasteiger partial charge on any atom is 0.305 e. The maximum absolute atomic E-state index is 12.0. The number of carbonyl (C=O) groups is 2. The van der Waals surface area contributed by atoms with Crippen molar-refractivity contribution in [3.63, 3.8) is 0 Å². The molecule has 0 bridgehead atoms. The summed E-state index contributed by atoms with van der Waals surface area (Å²) in [6, 6.07) is 9.04. The van der Waals surface area contributed by atoms with Gasteiger partial charge in [0, 0.05) is 35.5 Å². The summed E-state index contributed by atoms with van der Waals surface area (Å²) >= 11 is 12.3. The predicted octanol–water partition coefficient (Wildman–Crippen LogP) is 3.59. The van der Waals surface area contributed by atoms with Crippen LogP contribution in [0.5, 0.6) is 0 Å². The molecule has 2 N–H and O–H groups in total. The first-order chi connectivity index (χ1) is 13.9. The van der Waals surface area contributed by atoms with Gasteiger partial charge < -0.3 is 15.0 Å². The molecule has 154 valence electrons. The smallest absolute Gasteiger partial charge is 0.305 e. The highest BCUT2D eigenvalue weighted by Gasteiger charge is 2.27. The Hall–Kier alpha value is -2.31. The van der Waals surface area contributed by atoms with E-state index in [9.17, 15) is 14.4 Å². The fraction of sp³-hybridized carbons (Fsp3) is 0.381. The molecule has 0 aliphatic carbocycles. The number of hydrogen-bond acceptors (Lipinski definition) is 4. The molecule has 1 saturated heterocycles. The molecule has 1 aliphatic rings.